The van der Waals surface area contributed by atoms with E-state index < -0.39 is 0 Å². The Balaban J connectivity index is 1.41. The van der Waals surface area contributed by atoms with Crippen LogP contribution in [0.15, 0.2) is 53.9 Å². The number of anilines is 1. The summed E-state index contributed by atoms with van der Waals surface area (Å²) in [6.07, 6.45) is 2.25. The van der Waals surface area contributed by atoms with Crippen molar-refractivity contribution >= 4 is 40.4 Å². The van der Waals surface area contributed by atoms with Crippen LogP contribution in [0.4, 0.5) is 5.69 Å². The number of halogens is 1. The van der Waals surface area contributed by atoms with Gasteiger partial charge in [-0.3, -0.25) is 9.59 Å². The zero-order chi connectivity index (χ0) is 20.2. The normalized spacial score (nSPS) is 13.5. The summed E-state index contributed by atoms with van der Waals surface area (Å²) >= 11 is 7.68. The Bertz CT molecular complexity index is 1040. The number of carbonyl (C=O) groups is 2. The molecular weight excluding hydrogens is 406 g/mol. The van der Waals surface area contributed by atoms with E-state index in [2.05, 4.69) is 10.3 Å². The van der Waals surface area contributed by atoms with Gasteiger partial charge in [0.2, 0.25) is 5.91 Å². The van der Waals surface area contributed by atoms with Crippen LogP contribution in [0, 0.1) is 0 Å². The maximum absolute atomic E-state index is 12.5. The van der Waals surface area contributed by atoms with E-state index in [0.717, 1.165) is 36.5 Å². The number of hydrogen-bond acceptors (Lipinski definition) is 4. The molecule has 1 aliphatic rings. The smallest absolute Gasteiger partial charge is 0.253 e. The lowest BCUT2D eigenvalue weighted by Gasteiger charge is -2.15. The van der Waals surface area contributed by atoms with E-state index in [0.29, 0.717) is 22.0 Å². The first-order valence-corrected chi connectivity index (χ1v) is 10.7. The zero-order valence-electron chi connectivity index (χ0n) is 15.7. The molecule has 2 aromatic carbocycles. The molecule has 3 aromatic rings. The molecule has 1 fully saturated rings. The van der Waals surface area contributed by atoms with Crippen molar-refractivity contribution in [2.45, 2.75) is 19.3 Å². The van der Waals surface area contributed by atoms with E-state index >= 15 is 0 Å². The molecule has 0 spiro atoms. The quantitative estimate of drug-likeness (QED) is 0.633. The van der Waals surface area contributed by atoms with Gasteiger partial charge in [0.25, 0.3) is 5.91 Å². The molecule has 148 valence electrons. The Morgan fingerprint density at radius 2 is 1.90 bits per heavy atom. The number of carbonyl (C=O) groups excluding carboxylic acids is 2. The fraction of sp³-hybridized carbons (Fsp3) is 0.227. The molecular formula is C22H20ClN3O2S. The van der Waals surface area contributed by atoms with E-state index in [1.807, 2.05) is 34.5 Å². The average Bonchev–Trinajstić information content (AvgIpc) is 3.40. The van der Waals surface area contributed by atoms with Crippen LogP contribution in [0.3, 0.4) is 0 Å². The largest absolute Gasteiger partial charge is 0.339 e. The van der Waals surface area contributed by atoms with Gasteiger partial charge >= 0.3 is 0 Å². The highest BCUT2D eigenvalue weighted by molar-refractivity contribution is 7.13. The van der Waals surface area contributed by atoms with Gasteiger partial charge in [0.1, 0.15) is 5.01 Å². The Morgan fingerprint density at radius 3 is 2.69 bits per heavy atom. The molecule has 0 bridgehead atoms. The van der Waals surface area contributed by atoms with E-state index in [9.17, 15) is 9.59 Å². The maximum atomic E-state index is 12.5. The predicted molar refractivity (Wildman–Crippen MR) is 116 cm³/mol. The number of thiazole rings is 1. The summed E-state index contributed by atoms with van der Waals surface area (Å²) < 4.78 is 0. The van der Waals surface area contributed by atoms with E-state index in [-0.39, 0.29) is 18.2 Å². The molecule has 0 atom stereocenters. The molecule has 0 radical (unpaired) electrons. The molecule has 1 aliphatic heterocycles. The van der Waals surface area contributed by atoms with Crippen LogP contribution in [0.1, 0.15) is 28.9 Å². The van der Waals surface area contributed by atoms with Crippen molar-refractivity contribution in [2.75, 3.05) is 18.4 Å². The number of likely N-dealkylation sites (tertiary alicyclic amines) is 1. The first-order valence-electron chi connectivity index (χ1n) is 9.48. The third kappa shape index (κ3) is 4.66. The third-order valence-electron chi connectivity index (χ3n) is 4.78. The monoisotopic (exact) mass is 425 g/mol. The summed E-state index contributed by atoms with van der Waals surface area (Å²) in [5, 5.41) is 6.16. The Kier molecular flexibility index (Phi) is 5.92. The topological polar surface area (TPSA) is 62.3 Å². The molecule has 0 aliphatic carbocycles. The molecule has 2 heterocycles. The van der Waals surface area contributed by atoms with Crippen molar-refractivity contribution in [1.82, 2.24) is 9.88 Å². The summed E-state index contributed by atoms with van der Waals surface area (Å²) in [5.74, 6) is -0.158. The van der Waals surface area contributed by atoms with Crippen LogP contribution in [0.5, 0.6) is 0 Å². The highest BCUT2D eigenvalue weighted by Crippen LogP contribution is 2.30. The van der Waals surface area contributed by atoms with Crippen molar-refractivity contribution < 1.29 is 9.59 Å². The number of rotatable bonds is 5. The van der Waals surface area contributed by atoms with Gasteiger partial charge in [0.05, 0.1) is 17.1 Å². The van der Waals surface area contributed by atoms with Gasteiger partial charge in [-0.05, 0) is 37.1 Å². The van der Waals surface area contributed by atoms with Crippen molar-refractivity contribution in [1.29, 1.82) is 0 Å². The van der Waals surface area contributed by atoms with E-state index in [1.54, 1.807) is 24.3 Å². The molecule has 4 rings (SSSR count). The molecule has 2 amide bonds. The summed E-state index contributed by atoms with van der Waals surface area (Å²) in [6, 6.07) is 14.6. The van der Waals surface area contributed by atoms with Crippen LogP contribution in [-0.4, -0.2) is 34.8 Å². The van der Waals surface area contributed by atoms with Crippen molar-refractivity contribution in [3.05, 3.63) is 70.2 Å². The number of aromatic nitrogens is 1. The van der Waals surface area contributed by atoms with Gasteiger partial charge in [-0.1, -0.05) is 35.9 Å². The fourth-order valence-electron chi connectivity index (χ4n) is 3.35. The van der Waals surface area contributed by atoms with Gasteiger partial charge < -0.3 is 10.2 Å². The van der Waals surface area contributed by atoms with Gasteiger partial charge in [-0.2, -0.15) is 0 Å². The minimum Gasteiger partial charge on any atom is -0.339 e. The van der Waals surface area contributed by atoms with E-state index in [1.165, 1.54) is 11.3 Å². The van der Waals surface area contributed by atoms with Crippen molar-refractivity contribution in [3.8, 4) is 10.6 Å². The molecule has 5 nitrogen and oxygen atoms in total. The minimum absolute atomic E-state index is 0.0162. The SMILES string of the molecule is O=C(Cc1csc(-c2ccccc2Cl)n1)Nc1cccc(C(=O)N2CCCC2)c1. The van der Waals surface area contributed by atoms with Crippen molar-refractivity contribution in [2.24, 2.45) is 0 Å². The Morgan fingerprint density at radius 1 is 1.10 bits per heavy atom. The van der Waals surface area contributed by atoms with Gasteiger partial charge in [0, 0.05) is 35.3 Å². The minimum atomic E-state index is -0.174. The van der Waals surface area contributed by atoms with E-state index in [4.69, 9.17) is 11.6 Å². The standard InChI is InChI=1S/C22H20ClN3O2S/c23-19-9-2-1-8-18(19)21-25-17(14-29-21)13-20(27)24-16-7-5-6-15(12-16)22(28)26-10-3-4-11-26/h1-2,5-9,12,14H,3-4,10-11,13H2,(H,24,27). The van der Waals surface area contributed by atoms with Crippen LogP contribution in [-0.2, 0) is 11.2 Å². The van der Waals surface area contributed by atoms with Crippen LogP contribution in [0.25, 0.3) is 10.6 Å². The first-order chi connectivity index (χ1) is 14.1. The molecule has 29 heavy (non-hydrogen) atoms. The first kappa shape index (κ1) is 19.6. The highest BCUT2D eigenvalue weighted by atomic mass is 35.5. The molecule has 7 heteroatoms. The second-order valence-electron chi connectivity index (χ2n) is 6.93. The number of hydrogen-bond donors (Lipinski definition) is 1. The average molecular weight is 426 g/mol. The van der Waals surface area contributed by atoms with Crippen LogP contribution in [0.2, 0.25) is 5.02 Å². The number of benzene rings is 2. The number of amides is 2. The van der Waals surface area contributed by atoms with Crippen LogP contribution >= 0.6 is 22.9 Å². The lowest BCUT2D eigenvalue weighted by molar-refractivity contribution is -0.115. The molecule has 1 saturated heterocycles. The Labute approximate surface area is 178 Å². The van der Waals surface area contributed by atoms with Crippen LogP contribution < -0.4 is 5.32 Å². The lowest BCUT2D eigenvalue weighted by atomic mass is 10.1. The highest BCUT2D eigenvalue weighted by Gasteiger charge is 2.19. The third-order valence-corrected chi connectivity index (χ3v) is 6.04. The zero-order valence-corrected chi connectivity index (χ0v) is 17.3. The maximum Gasteiger partial charge on any atom is 0.253 e. The molecule has 0 unspecified atom stereocenters. The number of nitrogens with zero attached hydrogens (tertiary/aromatic N) is 2. The molecule has 1 N–H and O–H groups in total. The van der Waals surface area contributed by atoms with Gasteiger partial charge in [-0.15, -0.1) is 11.3 Å². The fourth-order valence-corrected chi connectivity index (χ4v) is 4.49. The summed E-state index contributed by atoms with van der Waals surface area (Å²) in [4.78, 5) is 31.4. The summed E-state index contributed by atoms with van der Waals surface area (Å²) in [6.45, 7) is 1.60. The number of nitrogens with one attached hydrogen (secondary N) is 1. The predicted octanol–water partition coefficient (Wildman–Crippen LogP) is 4.88. The summed E-state index contributed by atoms with van der Waals surface area (Å²) in [7, 11) is 0. The molecule has 1 aromatic heterocycles. The summed E-state index contributed by atoms with van der Waals surface area (Å²) in [5.41, 5.74) is 2.76. The second kappa shape index (κ2) is 8.76. The Hall–Kier alpha value is -2.70. The molecule has 0 saturated carbocycles. The van der Waals surface area contributed by atoms with Gasteiger partial charge in [0.15, 0.2) is 0 Å². The van der Waals surface area contributed by atoms with Crippen molar-refractivity contribution in [3.63, 3.8) is 0 Å². The lowest BCUT2D eigenvalue weighted by Crippen LogP contribution is -2.27. The second-order valence-corrected chi connectivity index (χ2v) is 8.19. The van der Waals surface area contributed by atoms with Gasteiger partial charge in [-0.25, -0.2) is 4.98 Å².